The van der Waals surface area contributed by atoms with E-state index >= 15 is 0 Å². The van der Waals surface area contributed by atoms with Gasteiger partial charge in [0.2, 0.25) is 15.9 Å². The molecule has 3 rings (SSSR count). The number of anilines is 1. The van der Waals surface area contributed by atoms with Crippen LogP contribution >= 0.6 is 0 Å². The number of carbonyl (C=O) groups is 1. The van der Waals surface area contributed by atoms with Gasteiger partial charge in [0, 0.05) is 12.2 Å². The molecule has 0 spiro atoms. The van der Waals surface area contributed by atoms with Gasteiger partial charge < -0.3 is 4.90 Å². The number of amides is 1. The molecule has 1 unspecified atom stereocenters. The summed E-state index contributed by atoms with van der Waals surface area (Å²) >= 11 is 0. The number of sulfonamides is 1. The molecule has 1 aliphatic rings. The van der Waals surface area contributed by atoms with Crippen LogP contribution in [0.5, 0.6) is 0 Å². The lowest BCUT2D eigenvalue weighted by molar-refractivity contribution is -0.118. The molecule has 2 aromatic carbocycles. The van der Waals surface area contributed by atoms with E-state index in [-0.39, 0.29) is 16.6 Å². The second kappa shape index (κ2) is 7.55. The van der Waals surface area contributed by atoms with Gasteiger partial charge in [-0.25, -0.2) is 12.8 Å². The first-order chi connectivity index (χ1) is 12.4. The third-order valence-corrected chi connectivity index (χ3v) is 5.90. The normalized spacial score (nSPS) is 17.7. The van der Waals surface area contributed by atoms with Gasteiger partial charge in [-0.15, -0.1) is 0 Å². The summed E-state index contributed by atoms with van der Waals surface area (Å²) < 4.78 is 40.6. The molecule has 1 aliphatic heterocycles. The number of nitrogens with zero attached hydrogens (tertiary/aromatic N) is 1. The Labute approximate surface area is 152 Å². The van der Waals surface area contributed by atoms with E-state index < -0.39 is 16.1 Å². The molecule has 0 aliphatic carbocycles. The summed E-state index contributed by atoms with van der Waals surface area (Å²) in [6, 6.07) is 11.5. The van der Waals surface area contributed by atoms with Crippen LogP contribution < -0.4 is 9.62 Å². The van der Waals surface area contributed by atoms with Crippen LogP contribution in [0.3, 0.4) is 0 Å². The smallest absolute Gasteiger partial charge is 0.245 e. The topological polar surface area (TPSA) is 66.5 Å². The average Bonchev–Trinajstić information content (AvgIpc) is 2.97. The van der Waals surface area contributed by atoms with Crippen LogP contribution in [0.15, 0.2) is 53.4 Å². The fourth-order valence-corrected chi connectivity index (χ4v) is 4.27. The molecule has 1 amide bonds. The van der Waals surface area contributed by atoms with Crippen molar-refractivity contribution >= 4 is 21.6 Å². The minimum Gasteiger partial charge on any atom is -0.311 e. The van der Waals surface area contributed by atoms with Crippen LogP contribution in [0.2, 0.25) is 0 Å². The Morgan fingerprint density at radius 2 is 1.77 bits per heavy atom. The zero-order valence-corrected chi connectivity index (χ0v) is 15.3. The van der Waals surface area contributed by atoms with Crippen LogP contribution in [-0.4, -0.2) is 26.9 Å². The Kier molecular flexibility index (Phi) is 5.38. The summed E-state index contributed by atoms with van der Waals surface area (Å²) in [5.41, 5.74) is 1.63. The minimum atomic E-state index is -3.78. The number of hydrogen-bond donors (Lipinski definition) is 1. The SMILES string of the molecule is CCCc1ccc(S(=O)(=O)NC2CCN(c3ccc(F)cc3)C2=O)cc1. The van der Waals surface area contributed by atoms with Gasteiger partial charge in [0.1, 0.15) is 11.9 Å². The minimum absolute atomic E-state index is 0.144. The molecular formula is C19H21FN2O3S. The highest BCUT2D eigenvalue weighted by molar-refractivity contribution is 7.89. The van der Waals surface area contributed by atoms with Gasteiger partial charge >= 0.3 is 0 Å². The fourth-order valence-electron chi connectivity index (χ4n) is 3.05. The van der Waals surface area contributed by atoms with Gasteiger partial charge in [-0.2, -0.15) is 4.72 Å². The van der Waals surface area contributed by atoms with Crippen molar-refractivity contribution in [3.8, 4) is 0 Å². The molecule has 0 radical (unpaired) electrons. The zero-order valence-electron chi connectivity index (χ0n) is 14.5. The predicted molar refractivity (Wildman–Crippen MR) is 97.9 cm³/mol. The molecule has 1 saturated heterocycles. The Morgan fingerprint density at radius 1 is 1.12 bits per heavy atom. The molecule has 26 heavy (non-hydrogen) atoms. The van der Waals surface area contributed by atoms with E-state index in [1.54, 1.807) is 24.3 Å². The largest absolute Gasteiger partial charge is 0.311 e. The first kappa shape index (κ1) is 18.5. The Morgan fingerprint density at radius 3 is 2.38 bits per heavy atom. The lowest BCUT2D eigenvalue weighted by Crippen LogP contribution is -2.41. The summed E-state index contributed by atoms with van der Waals surface area (Å²) in [7, 11) is -3.78. The maximum absolute atomic E-state index is 13.0. The standard InChI is InChI=1S/C19H21FN2O3S/c1-2-3-14-4-10-17(11-5-14)26(24,25)21-18-12-13-22(19(18)23)16-8-6-15(20)7-9-16/h4-11,18,21H,2-3,12-13H2,1H3. The third kappa shape index (κ3) is 3.94. The molecule has 1 heterocycles. The molecule has 1 atom stereocenters. The van der Waals surface area contributed by atoms with Crippen molar-refractivity contribution in [1.82, 2.24) is 4.72 Å². The number of aryl methyl sites for hydroxylation is 1. The van der Waals surface area contributed by atoms with E-state index in [4.69, 9.17) is 0 Å². The van der Waals surface area contributed by atoms with Gasteiger partial charge in [0.25, 0.3) is 0 Å². The summed E-state index contributed by atoms with van der Waals surface area (Å²) in [4.78, 5) is 14.2. The highest BCUT2D eigenvalue weighted by Crippen LogP contribution is 2.23. The van der Waals surface area contributed by atoms with E-state index in [1.165, 1.54) is 29.2 Å². The van der Waals surface area contributed by atoms with Crippen LogP contribution in [0.25, 0.3) is 0 Å². The number of rotatable bonds is 6. The van der Waals surface area contributed by atoms with Crippen molar-refractivity contribution in [2.75, 3.05) is 11.4 Å². The summed E-state index contributed by atoms with van der Waals surface area (Å²) in [5.74, 6) is -0.716. The summed E-state index contributed by atoms with van der Waals surface area (Å²) in [6.07, 6.45) is 2.24. The second-order valence-corrected chi connectivity index (χ2v) is 8.04. The number of carbonyl (C=O) groups excluding carboxylic acids is 1. The Balaban J connectivity index is 1.72. The van der Waals surface area contributed by atoms with Crippen molar-refractivity contribution in [3.05, 3.63) is 59.9 Å². The van der Waals surface area contributed by atoms with Gasteiger partial charge in [0.05, 0.1) is 4.90 Å². The lowest BCUT2D eigenvalue weighted by Gasteiger charge is -2.17. The number of benzene rings is 2. The van der Waals surface area contributed by atoms with Crippen LogP contribution in [0.4, 0.5) is 10.1 Å². The van der Waals surface area contributed by atoms with Gasteiger partial charge in [-0.1, -0.05) is 25.5 Å². The van der Waals surface area contributed by atoms with E-state index in [2.05, 4.69) is 11.6 Å². The van der Waals surface area contributed by atoms with Crippen molar-refractivity contribution in [2.24, 2.45) is 0 Å². The average molecular weight is 376 g/mol. The summed E-state index contributed by atoms with van der Waals surface area (Å²) in [5, 5.41) is 0. The molecule has 138 valence electrons. The number of halogens is 1. The van der Waals surface area contributed by atoms with Crippen molar-refractivity contribution < 1.29 is 17.6 Å². The van der Waals surface area contributed by atoms with E-state index in [9.17, 15) is 17.6 Å². The van der Waals surface area contributed by atoms with Crippen LogP contribution in [-0.2, 0) is 21.2 Å². The van der Waals surface area contributed by atoms with Gasteiger partial charge in [-0.05, 0) is 54.8 Å². The van der Waals surface area contributed by atoms with E-state index in [0.717, 1.165) is 18.4 Å². The Hall–Kier alpha value is -2.25. The summed E-state index contributed by atoms with van der Waals surface area (Å²) in [6.45, 7) is 2.44. The third-order valence-electron chi connectivity index (χ3n) is 4.41. The lowest BCUT2D eigenvalue weighted by atomic mass is 10.1. The molecule has 1 N–H and O–H groups in total. The first-order valence-electron chi connectivity index (χ1n) is 8.59. The molecule has 2 aromatic rings. The molecule has 0 aromatic heterocycles. The Bertz CT molecular complexity index is 880. The molecule has 0 saturated carbocycles. The van der Waals surface area contributed by atoms with Crippen molar-refractivity contribution in [1.29, 1.82) is 0 Å². The molecule has 7 heteroatoms. The number of hydrogen-bond acceptors (Lipinski definition) is 3. The molecule has 1 fully saturated rings. The molecule has 5 nitrogen and oxygen atoms in total. The second-order valence-electron chi connectivity index (χ2n) is 6.32. The van der Waals surface area contributed by atoms with Crippen LogP contribution in [0, 0.1) is 5.82 Å². The molecular weight excluding hydrogens is 355 g/mol. The highest BCUT2D eigenvalue weighted by atomic mass is 32.2. The first-order valence-corrected chi connectivity index (χ1v) is 10.1. The quantitative estimate of drug-likeness (QED) is 0.843. The predicted octanol–water partition coefficient (Wildman–Crippen LogP) is 2.86. The maximum atomic E-state index is 13.0. The maximum Gasteiger partial charge on any atom is 0.245 e. The monoisotopic (exact) mass is 376 g/mol. The van der Waals surface area contributed by atoms with Gasteiger partial charge in [0.15, 0.2) is 0 Å². The molecule has 0 bridgehead atoms. The van der Waals surface area contributed by atoms with Crippen LogP contribution in [0.1, 0.15) is 25.3 Å². The highest BCUT2D eigenvalue weighted by Gasteiger charge is 2.35. The van der Waals surface area contributed by atoms with E-state index in [1.807, 2.05) is 0 Å². The van der Waals surface area contributed by atoms with Crippen molar-refractivity contribution in [3.63, 3.8) is 0 Å². The van der Waals surface area contributed by atoms with E-state index in [0.29, 0.717) is 18.7 Å². The number of nitrogens with one attached hydrogen (secondary N) is 1. The van der Waals surface area contributed by atoms with Gasteiger partial charge in [-0.3, -0.25) is 4.79 Å². The zero-order chi connectivity index (χ0) is 18.7. The fraction of sp³-hybridized carbons (Fsp3) is 0.316. The van der Waals surface area contributed by atoms with Crippen molar-refractivity contribution in [2.45, 2.75) is 37.1 Å².